The molecule has 0 atom stereocenters. The molecule has 0 aliphatic rings. The topological polar surface area (TPSA) is 108 Å². The second kappa shape index (κ2) is 6.58. The molecule has 0 fully saturated rings. The summed E-state index contributed by atoms with van der Waals surface area (Å²) in [6.07, 6.45) is 0. The third kappa shape index (κ3) is 2.86. The molecular weight excluding hydrogens is 362 g/mol. The van der Waals surface area contributed by atoms with Gasteiger partial charge in [-0.15, -0.1) is 0 Å². The van der Waals surface area contributed by atoms with Gasteiger partial charge >= 0.3 is 0 Å². The van der Waals surface area contributed by atoms with E-state index in [4.69, 9.17) is 0 Å². The Morgan fingerprint density at radius 1 is 0.750 bits per heavy atom. The number of aromatic nitrogens is 1. The first-order valence-electron chi connectivity index (χ1n) is 8.39. The van der Waals surface area contributed by atoms with Crippen molar-refractivity contribution in [3.8, 4) is 0 Å². The van der Waals surface area contributed by atoms with Gasteiger partial charge in [-0.05, 0) is 23.1 Å². The quantitative estimate of drug-likeness (QED) is 0.304. The molecule has 8 nitrogen and oxygen atoms in total. The number of non-ortho nitro benzene ring substituents is 2. The molecule has 0 bridgehead atoms. The molecule has 0 N–H and O–H groups in total. The second-order valence-corrected chi connectivity index (χ2v) is 6.32. The smallest absolute Gasteiger partial charge is 0.271 e. The number of pyridine rings is 1. The van der Waals surface area contributed by atoms with Gasteiger partial charge in [0, 0.05) is 29.7 Å². The van der Waals surface area contributed by atoms with Crippen LogP contribution in [0.2, 0.25) is 0 Å². The first-order valence-corrected chi connectivity index (χ1v) is 8.39. The molecule has 1 aromatic heterocycles. The fourth-order valence-electron chi connectivity index (χ4n) is 3.32. The Labute approximate surface area is 157 Å². The van der Waals surface area contributed by atoms with Crippen molar-refractivity contribution in [2.45, 2.75) is 6.54 Å². The van der Waals surface area contributed by atoms with Crippen LogP contribution in [0.4, 0.5) is 11.4 Å². The van der Waals surface area contributed by atoms with Gasteiger partial charge in [0.05, 0.1) is 27.3 Å². The lowest BCUT2D eigenvalue weighted by atomic mass is 10.0. The van der Waals surface area contributed by atoms with E-state index < -0.39 is 15.4 Å². The van der Waals surface area contributed by atoms with Crippen molar-refractivity contribution in [1.29, 1.82) is 0 Å². The van der Waals surface area contributed by atoms with E-state index >= 15 is 0 Å². The zero-order chi connectivity index (χ0) is 19.8. The van der Waals surface area contributed by atoms with E-state index in [9.17, 15) is 25.0 Å². The molecule has 4 rings (SSSR count). The minimum absolute atomic E-state index is 0.130. The summed E-state index contributed by atoms with van der Waals surface area (Å²) in [6.45, 7) is 0.190. The normalized spacial score (nSPS) is 11.0. The molecule has 8 heteroatoms. The van der Waals surface area contributed by atoms with Gasteiger partial charge in [0.25, 0.3) is 16.9 Å². The highest BCUT2D eigenvalue weighted by Crippen LogP contribution is 2.29. The van der Waals surface area contributed by atoms with Crippen LogP contribution in [0.1, 0.15) is 5.56 Å². The lowest BCUT2D eigenvalue weighted by molar-refractivity contribution is -0.384. The van der Waals surface area contributed by atoms with Gasteiger partial charge in [0.15, 0.2) is 0 Å². The van der Waals surface area contributed by atoms with E-state index in [1.54, 1.807) is 6.07 Å². The third-order valence-electron chi connectivity index (χ3n) is 4.65. The Morgan fingerprint density at radius 3 is 2.00 bits per heavy atom. The monoisotopic (exact) mass is 375 g/mol. The fourth-order valence-corrected chi connectivity index (χ4v) is 3.32. The molecule has 4 aromatic rings. The second-order valence-electron chi connectivity index (χ2n) is 6.32. The van der Waals surface area contributed by atoms with Gasteiger partial charge in [-0.2, -0.15) is 0 Å². The molecular formula is C20H13N3O5. The largest absolute Gasteiger partial charge is 0.303 e. The molecule has 0 amide bonds. The average molecular weight is 375 g/mol. The zero-order valence-corrected chi connectivity index (χ0v) is 14.4. The predicted octanol–water partition coefficient (Wildman–Crippen LogP) is 4.02. The molecule has 3 aromatic carbocycles. The number of nitrogens with zero attached hydrogens (tertiary/aromatic N) is 3. The highest BCUT2D eigenvalue weighted by atomic mass is 16.6. The zero-order valence-electron chi connectivity index (χ0n) is 14.4. The highest BCUT2D eigenvalue weighted by molar-refractivity contribution is 6.06. The van der Waals surface area contributed by atoms with Crippen molar-refractivity contribution in [1.82, 2.24) is 4.57 Å². The number of fused-ring (bicyclic) bond motifs is 3. The highest BCUT2D eigenvalue weighted by Gasteiger charge is 2.17. The van der Waals surface area contributed by atoms with Crippen LogP contribution in [0, 0.1) is 20.2 Å². The standard InChI is InChI=1S/C20H13N3O5/c24-20-18-10-14(22(25)26)6-8-16(18)17-9-7-15(23(27)28)11-19(17)21(20)12-13-4-2-1-3-5-13/h1-11H,12H2. The molecule has 28 heavy (non-hydrogen) atoms. The summed E-state index contributed by atoms with van der Waals surface area (Å²) in [4.78, 5) is 34.5. The summed E-state index contributed by atoms with van der Waals surface area (Å²) in [7, 11) is 0. The van der Waals surface area contributed by atoms with Crippen LogP contribution in [-0.4, -0.2) is 14.4 Å². The van der Waals surface area contributed by atoms with Gasteiger partial charge in [-0.3, -0.25) is 25.0 Å². The SMILES string of the molecule is O=c1c2cc([N+](=O)[O-])ccc2c2ccc([N+](=O)[O-])cc2n1Cc1ccccc1. The van der Waals surface area contributed by atoms with Crippen LogP contribution < -0.4 is 5.56 Å². The van der Waals surface area contributed by atoms with Crippen LogP contribution in [0.25, 0.3) is 21.7 Å². The summed E-state index contributed by atoms with van der Waals surface area (Å²) in [5.74, 6) is 0. The van der Waals surface area contributed by atoms with Crippen molar-refractivity contribution in [2.75, 3.05) is 0 Å². The summed E-state index contributed by atoms with van der Waals surface area (Å²) < 4.78 is 1.42. The van der Waals surface area contributed by atoms with E-state index in [-0.39, 0.29) is 23.3 Å². The molecule has 0 radical (unpaired) electrons. The van der Waals surface area contributed by atoms with Crippen LogP contribution in [0.3, 0.4) is 0 Å². The number of hydrogen-bond donors (Lipinski definition) is 0. The van der Waals surface area contributed by atoms with Crippen LogP contribution in [0.5, 0.6) is 0 Å². The van der Waals surface area contributed by atoms with Crippen molar-refractivity contribution in [2.24, 2.45) is 0 Å². The maximum absolute atomic E-state index is 13.2. The first kappa shape index (κ1) is 17.3. The average Bonchev–Trinajstić information content (AvgIpc) is 2.71. The number of benzene rings is 3. The van der Waals surface area contributed by atoms with Crippen molar-refractivity contribution in [3.05, 3.63) is 103 Å². The molecule has 138 valence electrons. The number of nitro benzene ring substituents is 2. The van der Waals surface area contributed by atoms with Gasteiger partial charge in [0.1, 0.15) is 0 Å². The lowest BCUT2D eigenvalue weighted by Gasteiger charge is -2.13. The van der Waals surface area contributed by atoms with Crippen LogP contribution in [-0.2, 0) is 6.54 Å². The summed E-state index contributed by atoms with van der Waals surface area (Å²) in [5, 5.41) is 23.7. The Bertz CT molecular complexity index is 1310. The van der Waals surface area contributed by atoms with Gasteiger partial charge in [-0.25, -0.2) is 0 Å². The van der Waals surface area contributed by atoms with Crippen LogP contribution in [0.15, 0.2) is 71.5 Å². The molecule has 0 spiro atoms. The molecule has 1 heterocycles. The summed E-state index contributed by atoms with van der Waals surface area (Å²) in [6, 6.07) is 17.6. The first-order chi connectivity index (χ1) is 13.5. The molecule has 0 saturated carbocycles. The number of hydrogen-bond acceptors (Lipinski definition) is 5. The number of nitro groups is 2. The van der Waals surface area contributed by atoms with Crippen molar-refractivity contribution < 1.29 is 9.85 Å². The third-order valence-corrected chi connectivity index (χ3v) is 4.65. The fraction of sp³-hybridized carbons (Fsp3) is 0.0500. The van der Waals surface area contributed by atoms with Crippen LogP contribution >= 0.6 is 0 Å². The van der Waals surface area contributed by atoms with Crippen molar-refractivity contribution in [3.63, 3.8) is 0 Å². The number of rotatable bonds is 4. The van der Waals surface area contributed by atoms with E-state index in [2.05, 4.69) is 0 Å². The Balaban J connectivity index is 2.10. The van der Waals surface area contributed by atoms with E-state index in [0.29, 0.717) is 16.3 Å². The molecule has 0 saturated heterocycles. The summed E-state index contributed by atoms with van der Waals surface area (Å²) in [5.41, 5.74) is 0.495. The Morgan fingerprint density at radius 2 is 1.36 bits per heavy atom. The Kier molecular flexibility index (Phi) is 4.08. The predicted molar refractivity (Wildman–Crippen MR) is 105 cm³/mol. The molecule has 0 unspecified atom stereocenters. The molecule has 0 aliphatic carbocycles. The molecule has 0 aliphatic heterocycles. The minimum Gasteiger partial charge on any atom is -0.303 e. The summed E-state index contributed by atoms with van der Waals surface area (Å²) >= 11 is 0. The Hall–Kier alpha value is -4.07. The van der Waals surface area contributed by atoms with E-state index in [1.165, 1.54) is 34.9 Å². The van der Waals surface area contributed by atoms with Gasteiger partial charge in [0.2, 0.25) is 0 Å². The lowest BCUT2D eigenvalue weighted by Crippen LogP contribution is -2.21. The van der Waals surface area contributed by atoms with Crippen molar-refractivity contribution >= 4 is 33.1 Å². The van der Waals surface area contributed by atoms with Gasteiger partial charge in [-0.1, -0.05) is 30.3 Å². The maximum atomic E-state index is 13.2. The minimum atomic E-state index is -0.555. The van der Waals surface area contributed by atoms with Gasteiger partial charge < -0.3 is 4.57 Å². The van der Waals surface area contributed by atoms with E-state index in [0.717, 1.165) is 5.56 Å². The van der Waals surface area contributed by atoms with E-state index in [1.807, 2.05) is 30.3 Å². The maximum Gasteiger partial charge on any atom is 0.271 e.